The van der Waals surface area contributed by atoms with Crippen LogP contribution in [-0.4, -0.2) is 41.6 Å². The Morgan fingerprint density at radius 3 is 2.66 bits per heavy atom. The Bertz CT molecular complexity index is 1140. The van der Waals surface area contributed by atoms with E-state index in [1.54, 1.807) is 19.9 Å². The first-order valence-corrected chi connectivity index (χ1v) is 11.1. The van der Waals surface area contributed by atoms with Crippen LogP contribution in [0.2, 0.25) is 0 Å². The maximum absolute atomic E-state index is 13.8. The molecule has 3 heterocycles. The number of ether oxygens (including phenoxy) is 2. The number of imide groups is 1. The highest BCUT2D eigenvalue weighted by Gasteiger charge is 2.72. The zero-order valence-electron chi connectivity index (χ0n) is 17.4. The summed E-state index contributed by atoms with van der Waals surface area (Å²) >= 11 is 3.46. The van der Waals surface area contributed by atoms with E-state index in [9.17, 15) is 18.8 Å². The third-order valence-electron chi connectivity index (χ3n) is 6.60. The Labute approximate surface area is 192 Å². The number of fused-ring (bicyclic) bond motifs is 5. The van der Waals surface area contributed by atoms with Crippen molar-refractivity contribution in [2.45, 2.75) is 25.4 Å². The largest absolute Gasteiger partial charge is 0.493 e. The molecule has 166 valence electrons. The maximum Gasteiger partial charge on any atom is 0.332 e. The second-order valence-corrected chi connectivity index (χ2v) is 9.16. The van der Waals surface area contributed by atoms with E-state index in [1.807, 2.05) is 12.1 Å². The van der Waals surface area contributed by atoms with Crippen LogP contribution in [0, 0.1) is 17.7 Å². The molecule has 0 N–H and O–H groups in total. The fourth-order valence-electron chi connectivity index (χ4n) is 5.28. The molecule has 9 heteroatoms. The van der Waals surface area contributed by atoms with Crippen LogP contribution in [0.25, 0.3) is 0 Å². The summed E-state index contributed by atoms with van der Waals surface area (Å²) < 4.78 is 25.5. The van der Waals surface area contributed by atoms with E-state index in [2.05, 4.69) is 15.9 Å². The molecule has 3 unspecified atom stereocenters. The molecule has 0 aliphatic carbocycles. The van der Waals surface area contributed by atoms with Crippen molar-refractivity contribution in [1.82, 2.24) is 4.90 Å². The second-order valence-electron chi connectivity index (χ2n) is 8.25. The van der Waals surface area contributed by atoms with Gasteiger partial charge < -0.3 is 14.4 Å². The van der Waals surface area contributed by atoms with Crippen LogP contribution in [-0.2, 0) is 14.3 Å². The highest BCUT2D eigenvalue weighted by atomic mass is 79.9. The third kappa shape index (κ3) is 2.73. The molecule has 2 fully saturated rings. The highest BCUT2D eigenvalue weighted by Crippen LogP contribution is 2.58. The topological polar surface area (TPSA) is 76.2 Å². The van der Waals surface area contributed by atoms with Crippen molar-refractivity contribution in [2.75, 3.05) is 18.1 Å². The SMILES string of the molecule is CCOC(=O)C1C2COc3ccc(Br)cc3C2N2C(=O)N(c3ccc(F)cc3)C(=O)[C@@]12C. The van der Waals surface area contributed by atoms with E-state index in [0.29, 0.717) is 5.75 Å². The van der Waals surface area contributed by atoms with E-state index in [4.69, 9.17) is 9.47 Å². The monoisotopic (exact) mass is 502 g/mol. The van der Waals surface area contributed by atoms with Gasteiger partial charge in [-0.1, -0.05) is 15.9 Å². The molecule has 2 aromatic rings. The number of benzene rings is 2. The van der Waals surface area contributed by atoms with Gasteiger partial charge in [-0.15, -0.1) is 0 Å². The van der Waals surface area contributed by atoms with Crippen molar-refractivity contribution in [3.63, 3.8) is 0 Å². The van der Waals surface area contributed by atoms with Crippen LogP contribution in [0.1, 0.15) is 25.5 Å². The molecular weight excluding hydrogens is 483 g/mol. The number of halogens is 2. The average Bonchev–Trinajstić information content (AvgIpc) is 3.14. The van der Waals surface area contributed by atoms with Gasteiger partial charge in [0.05, 0.1) is 30.9 Å². The van der Waals surface area contributed by atoms with Gasteiger partial charge in [-0.3, -0.25) is 9.59 Å². The molecular formula is C23H20BrFN2O5. The van der Waals surface area contributed by atoms with E-state index < -0.39 is 47.1 Å². The fraction of sp³-hybridized carbons (Fsp3) is 0.348. The van der Waals surface area contributed by atoms with Gasteiger partial charge in [-0.05, 0) is 56.3 Å². The van der Waals surface area contributed by atoms with Crippen molar-refractivity contribution >= 4 is 39.5 Å². The predicted molar refractivity (Wildman–Crippen MR) is 116 cm³/mol. The zero-order valence-corrected chi connectivity index (χ0v) is 19.0. The molecule has 32 heavy (non-hydrogen) atoms. The van der Waals surface area contributed by atoms with E-state index in [0.717, 1.165) is 14.9 Å². The molecule has 0 spiro atoms. The fourth-order valence-corrected chi connectivity index (χ4v) is 5.66. The summed E-state index contributed by atoms with van der Waals surface area (Å²) in [7, 11) is 0. The normalized spacial score (nSPS) is 28.2. The first kappa shape index (κ1) is 20.9. The van der Waals surface area contributed by atoms with Crippen molar-refractivity contribution in [3.05, 3.63) is 58.3 Å². The number of esters is 1. The lowest BCUT2D eigenvalue weighted by Gasteiger charge is -2.34. The highest BCUT2D eigenvalue weighted by molar-refractivity contribution is 9.10. The Hall–Kier alpha value is -2.94. The molecule has 7 nitrogen and oxygen atoms in total. The molecule has 3 aliphatic rings. The number of anilines is 1. The number of amides is 3. The first-order valence-electron chi connectivity index (χ1n) is 10.3. The Balaban J connectivity index is 1.69. The van der Waals surface area contributed by atoms with Crippen molar-refractivity contribution in [1.29, 1.82) is 0 Å². The lowest BCUT2D eigenvalue weighted by atomic mass is 9.77. The minimum atomic E-state index is -1.47. The lowest BCUT2D eigenvalue weighted by molar-refractivity contribution is -0.154. The van der Waals surface area contributed by atoms with Crippen molar-refractivity contribution < 1.29 is 28.2 Å². The molecule has 3 amide bonds. The van der Waals surface area contributed by atoms with Crippen molar-refractivity contribution in [3.8, 4) is 5.75 Å². The summed E-state index contributed by atoms with van der Waals surface area (Å²) in [5.41, 5.74) is -0.506. The van der Waals surface area contributed by atoms with Crippen LogP contribution in [0.4, 0.5) is 14.9 Å². The Morgan fingerprint density at radius 2 is 1.97 bits per heavy atom. The van der Waals surface area contributed by atoms with E-state index in [-0.39, 0.29) is 18.9 Å². The van der Waals surface area contributed by atoms with Crippen LogP contribution >= 0.6 is 15.9 Å². The van der Waals surface area contributed by atoms with E-state index >= 15 is 0 Å². The van der Waals surface area contributed by atoms with Gasteiger partial charge in [0, 0.05) is 16.0 Å². The quantitative estimate of drug-likeness (QED) is 0.467. The molecule has 4 atom stereocenters. The number of carbonyl (C=O) groups is 3. The summed E-state index contributed by atoms with van der Waals surface area (Å²) in [5, 5.41) is 0. The standard InChI is InChI=1S/C23H20BrFN2O5/c1-3-31-20(28)18-16-11-32-17-9-4-12(24)10-15(17)19(16)27-22(30)26(21(29)23(18,27)2)14-7-5-13(25)6-8-14/h4-10,16,18-19H,3,11H2,1-2H3/t16?,18?,19?,23-/m1/s1. The number of urea groups is 1. The molecule has 2 aromatic carbocycles. The van der Waals surface area contributed by atoms with Gasteiger partial charge in [-0.2, -0.15) is 0 Å². The van der Waals surface area contributed by atoms with Gasteiger partial charge in [0.25, 0.3) is 5.91 Å². The molecule has 3 aliphatic heterocycles. The Morgan fingerprint density at radius 1 is 1.25 bits per heavy atom. The summed E-state index contributed by atoms with van der Waals surface area (Å²) in [6.45, 7) is 3.62. The summed E-state index contributed by atoms with van der Waals surface area (Å²) in [6, 6.07) is 9.49. The third-order valence-corrected chi connectivity index (χ3v) is 7.09. The van der Waals surface area contributed by atoms with Gasteiger partial charge in [0.2, 0.25) is 0 Å². The first-order chi connectivity index (χ1) is 15.3. The van der Waals surface area contributed by atoms with Crippen LogP contribution < -0.4 is 9.64 Å². The summed E-state index contributed by atoms with van der Waals surface area (Å²) in [5.74, 6) is -2.34. The number of rotatable bonds is 3. The molecule has 5 rings (SSSR count). The number of hydrogen-bond acceptors (Lipinski definition) is 5. The molecule has 0 aromatic heterocycles. The number of nitrogens with zero attached hydrogens (tertiary/aromatic N) is 2. The predicted octanol–water partition coefficient (Wildman–Crippen LogP) is 4.06. The summed E-state index contributed by atoms with van der Waals surface area (Å²) in [4.78, 5) is 43.1. The Kier molecular flexibility index (Phi) is 4.77. The van der Waals surface area contributed by atoms with Gasteiger partial charge >= 0.3 is 12.0 Å². The minimum absolute atomic E-state index is 0.148. The number of carbonyl (C=O) groups excluding carboxylic acids is 3. The molecule has 2 saturated heterocycles. The summed E-state index contributed by atoms with van der Waals surface area (Å²) in [6.07, 6.45) is 0. The molecule has 0 bridgehead atoms. The minimum Gasteiger partial charge on any atom is -0.493 e. The zero-order chi connectivity index (χ0) is 22.8. The molecule has 0 saturated carbocycles. The van der Waals surface area contributed by atoms with Gasteiger partial charge in [0.1, 0.15) is 17.1 Å². The number of hydrogen-bond donors (Lipinski definition) is 0. The van der Waals surface area contributed by atoms with Crippen LogP contribution in [0.3, 0.4) is 0 Å². The van der Waals surface area contributed by atoms with Crippen LogP contribution in [0.15, 0.2) is 46.9 Å². The van der Waals surface area contributed by atoms with Gasteiger partial charge in [-0.25, -0.2) is 14.1 Å². The molecule has 0 radical (unpaired) electrons. The van der Waals surface area contributed by atoms with Gasteiger partial charge in [0.15, 0.2) is 0 Å². The van der Waals surface area contributed by atoms with Crippen LogP contribution in [0.5, 0.6) is 5.75 Å². The smallest absolute Gasteiger partial charge is 0.332 e. The maximum atomic E-state index is 13.8. The van der Waals surface area contributed by atoms with Crippen molar-refractivity contribution in [2.24, 2.45) is 11.8 Å². The lowest BCUT2D eigenvalue weighted by Crippen LogP contribution is -2.51. The second kappa shape index (κ2) is 7.30. The van der Waals surface area contributed by atoms with E-state index in [1.165, 1.54) is 29.2 Å². The average molecular weight is 503 g/mol.